The van der Waals surface area contributed by atoms with Crippen molar-refractivity contribution >= 4 is 52.3 Å². The maximum Gasteiger partial charge on any atom is 0.0683 e. The van der Waals surface area contributed by atoms with Crippen LogP contribution in [0.5, 0.6) is 0 Å². The van der Waals surface area contributed by atoms with E-state index in [0.29, 0.717) is 8.27 Å². The topological polar surface area (TPSA) is 0 Å². The summed E-state index contributed by atoms with van der Waals surface area (Å²) in [4.78, 5) is 0. The molecule has 0 nitrogen and oxygen atoms in total. The van der Waals surface area contributed by atoms with E-state index >= 15 is 0 Å². The van der Waals surface area contributed by atoms with E-state index in [4.69, 9.17) is 0 Å². The molecule has 5 heteroatoms. The Kier molecular flexibility index (Phi) is 9.04. The van der Waals surface area contributed by atoms with E-state index in [0.717, 1.165) is 0 Å². The second kappa shape index (κ2) is 12.2. The first-order chi connectivity index (χ1) is 14.3. The molecule has 4 aromatic carbocycles. The van der Waals surface area contributed by atoms with Gasteiger partial charge in [0.15, 0.2) is 0 Å². The molecular weight excluding hydrogens is 519 g/mol. The first kappa shape index (κ1) is 21.5. The average molecular weight is 542 g/mol. The van der Waals surface area contributed by atoms with Crippen LogP contribution in [0.2, 0.25) is 0 Å². The molecule has 0 amide bonds. The molecule has 0 aliphatic carbocycles. The number of hydrogen-bond donors (Lipinski definition) is 0. The molecule has 4 unspecified atom stereocenters. The molecule has 4 atom stereocenters. The van der Waals surface area contributed by atoms with E-state index < -0.39 is 22.8 Å². The zero-order valence-electron chi connectivity index (χ0n) is 16.7. The van der Waals surface area contributed by atoms with Crippen molar-refractivity contribution < 1.29 is 20.4 Å². The number of hydrogen-bond acceptors (Lipinski definition) is 0. The van der Waals surface area contributed by atoms with Crippen molar-refractivity contribution in [2.75, 3.05) is 0 Å². The molecule has 0 aliphatic rings. The Labute approximate surface area is 194 Å². The molecule has 0 heterocycles. The monoisotopic (exact) mass is 541 g/mol. The summed E-state index contributed by atoms with van der Waals surface area (Å²) in [5, 5.41) is 5.34. The van der Waals surface area contributed by atoms with Crippen molar-refractivity contribution in [3.63, 3.8) is 0 Å². The van der Waals surface area contributed by atoms with Crippen LogP contribution in [-0.4, -0.2) is 1.28 Å². The molecule has 0 bridgehead atoms. The maximum absolute atomic E-state index is 9.37. The van der Waals surface area contributed by atoms with E-state index in [1.54, 1.807) is 0 Å². The van der Waals surface area contributed by atoms with Crippen molar-refractivity contribution in [2.45, 2.75) is 0 Å². The number of rotatable bonds is 7. The van der Waals surface area contributed by atoms with Crippen molar-refractivity contribution in [1.29, 1.82) is 1.28 Å². The molecule has 0 saturated heterocycles. The van der Waals surface area contributed by atoms with Gasteiger partial charge in [-0.05, 0) is 35.8 Å². The Morgan fingerprint density at radius 3 is 1.34 bits per heavy atom. The van der Waals surface area contributed by atoms with Crippen LogP contribution in [0.1, 0.15) is 0 Å². The van der Waals surface area contributed by atoms with E-state index in [-0.39, 0.29) is 20.4 Å². The van der Waals surface area contributed by atoms with Crippen LogP contribution in [0.25, 0.3) is 0 Å². The summed E-state index contributed by atoms with van der Waals surface area (Å²) in [6.07, 6.45) is 0. The second-order valence-corrected chi connectivity index (χ2v) is 18.2. The molecule has 0 radical (unpaired) electrons. The first-order valence-corrected chi connectivity index (χ1v) is 16.0. The van der Waals surface area contributed by atoms with Crippen LogP contribution < -0.4 is 21.2 Å². The Hall–Kier alpha value is -0.738. The van der Waals surface area contributed by atoms with Gasteiger partial charge in [-0.25, -0.2) is 0 Å². The van der Waals surface area contributed by atoms with E-state index in [2.05, 4.69) is 115 Å². The molecule has 29 heavy (non-hydrogen) atoms. The molecule has 0 spiro atoms. The van der Waals surface area contributed by atoms with E-state index in [1.807, 2.05) is 6.07 Å². The molecule has 0 N–H and O–H groups in total. The fourth-order valence-corrected chi connectivity index (χ4v) is 20.2. The van der Waals surface area contributed by atoms with Gasteiger partial charge in [-0.15, -0.1) is 0 Å². The van der Waals surface area contributed by atoms with E-state index in [9.17, 15) is 1.28 Å². The van der Waals surface area contributed by atoms with Crippen LogP contribution >= 0.6 is 31.1 Å². The average Bonchev–Trinajstić information content (AvgIpc) is 2.81. The van der Waals surface area contributed by atoms with Crippen molar-refractivity contribution in [3.05, 3.63) is 121 Å². The molecule has 0 fully saturated rings. The maximum atomic E-state index is 9.37. The summed E-state index contributed by atoms with van der Waals surface area (Å²) in [7, 11) is -1.47. The summed E-state index contributed by atoms with van der Waals surface area (Å²) in [6.45, 7) is 0. The summed E-state index contributed by atoms with van der Waals surface area (Å²) in [6, 6.07) is 43.0. The van der Waals surface area contributed by atoms with Gasteiger partial charge in [0.25, 0.3) is 0 Å². The minimum atomic E-state index is -1.02. The zero-order chi connectivity index (χ0) is 19.9. The van der Waals surface area contributed by atoms with Crippen molar-refractivity contribution in [1.82, 2.24) is 0 Å². The SMILES string of the molecule is [2H]P(c1ccccc1)P(c1ccccc1)P(Pc1ccccc1)c1ccccc1.[Pd]. The van der Waals surface area contributed by atoms with Crippen LogP contribution in [-0.2, 0) is 20.4 Å². The summed E-state index contributed by atoms with van der Waals surface area (Å²) in [5.41, 5.74) is 0. The third-order valence-corrected chi connectivity index (χ3v) is 20.9. The van der Waals surface area contributed by atoms with Crippen LogP contribution in [0.4, 0.5) is 0 Å². The van der Waals surface area contributed by atoms with Gasteiger partial charge in [0, 0.05) is 20.4 Å². The quantitative estimate of drug-likeness (QED) is 0.189. The van der Waals surface area contributed by atoms with E-state index in [1.165, 1.54) is 21.2 Å². The van der Waals surface area contributed by atoms with Crippen molar-refractivity contribution in [3.8, 4) is 0 Å². The van der Waals surface area contributed by atoms with Gasteiger partial charge in [-0.3, -0.25) is 0 Å². The van der Waals surface area contributed by atoms with Gasteiger partial charge in [-0.1, -0.05) is 138 Å². The third kappa shape index (κ3) is 6.62. The van der Waals surface area contributed by atoms with Gasteiger partial charge in [-0.2, -0.15) is 0 Å². The molecule has 4 aromatic rings. The summed E-state index contributed by atoms with van der Waals surface area (Å²) in [5.74, 6) is 0. The smallest absolute Gasteiger partial charge is 0.0622 e. The van der Waals surface area contributed by atoms with Crippen LogP contribution in [0.3, 0.4) is 0 Å². The van der Waals surface area contributed by atoms with Gasteiger partial charge in [0.1, 0.15) is 0 Å². The Morgan fingerprint density at radius 2 is 0.862 bits per heavy atom. The Morgan fingerprint density at radius 1 is 0.483 bits per heavy atom. The summed E-state index contributed by atoms with van der Waals surface area (Å²) >= 11 is 0. The van der Waals surface area contributed by atoms with Gasteiger partial charge in [0.2, 0.25) is 0 Å². The first-order valence-electron chi connectivity index (χ1n) is 9.63. The Bertz CT molecular complexity index is 1000. The van der Waals surface area contributed by atoms with Gasteiger partial charge < -0.3 is 0 Å². The largest absolute Gasteiger partial charge is 0.0683 e. The fourth-order valence-electron chi connectivity index (χ4n) is 2.81. The minimum Gasteiger partial charge on any atom is -0.0622 e. The molecule has 148 valence electrons. The molecular formula is C24H22P4Pd. The fraction of sp³-hybridized carbons (Fsp3) is 0. The molecule has 0 aliphatic heterocycles. The van der Waals surface area contributed by atoms with Crippen LogP contribution in [0.15, 0.2) is 121 Å². The number of benzene rings is 4. The third-order valence-electron chi connectivity index (χ3n) is 4.15. The predicted molar refractivity (Wildman–Crippen MR) is 135 cm³/mol. The normalized spacial score (nSPS) is 14.6. The molecule has 0 saturated carbocycles. The standard InChI is InChI=1S/C24H22P4.Pd/c1-5-13-21(14-6-1)25-27(23-17-9-3-10-18-23)28(24-19-11-4-12-20-24)26-22-15-7-2-8-16-22;/h1-20,25-26H;/i25D;. The predicted octanol–water partition coefficient (Wildman–Crippen LogP) is 6.35. The van der Waals surface area contributed by atoms with Crippen molar-refractivity contribution in [2.24, 2.45) is 0 Å². The Balaban J connectivity index is 0.00000256. The zero-order valence-corrected chi connectivity index (χ0v) is 20.9. The minimum absolute atomic E-state index is 0. The molecule has 0 aromatic heterocycles. The summed E-state index contributed by atoms with van der Waals surface area (Å²) < 4.78 is 9.37. The van der Waals surface area contributed by atoms with Crippen LogP contribution in [0, 0.1) is 0 Å². The van der Waals surface area contributed by atoms with Gasteiger partial charge in [0.05, 0.1) is 1.28 Å². The molecule has 4 rings (SSSR count). The second-order valence-electron chi connectivity index (χ2n) is 6.19. The van der Waals surface area contributed by atoms with Gasteiger partial charge >= 0.3 is 0 Å².